The molecule has 1 aromatic carbocycles. The highest BCUT2D eigenvalue weighted by molar-refractivity contribution is 5.96. The van der Waals surface area contributed by atoms with Crippen LogP contribution in [0.5, 0.6) is 11.5 Å². The van der Waals surface area contributed by atoms with Crippen LogP contribution in [0.2, 0.25) is 0 Å². The van der Waals surface area contributed by atoms with Crippen LogP contribution in [0.15, 0.2) is 12.1 Å². The minimum atomic E-state index is -3.75. The van der Waals surface area contributed by atoms with Gasteiger partial charge in [0.25, 0.3) is 5.91 Å². The summed E-state index contributed by atoms with van der Waals surface area (Å²) >= 11 is 0. The number of ether oxygens (including phenoxy) is 2. The van der Waals surface area contributed by atoms with Crippen LogP contribution in [0.25, 0.3) is 0 Å². The van der Waals surface area contributed by atoms with Crippen molar-refractivity contribution in [3.63, 3.8) is 0 Å². The van der Waals surface area contributed by atoms with Crippen LogP contribution in [-0.4, -0.2) is 12.2 Å². The van der Waals surface area contributed by atoms with Crippen LogP contribution >= 0.6 is 0 Å². The zero-order chi connectivity index (χ0) is 10.3. The summed E-state index contributed by atoms with van der Waals surface area (Å²) in [5.74, 6) is -1.49. The molecule has 0 aromatic heterocycles. The second-order valence-electron chi connectivity index (χ2n) is 2.58. The lowest BCUT2D eigenvalue weighted by molar-refractivity contribution is -0.286. The first kappa shape index (κ1) is 8.74. The normalized spacial score (nSPS) is 16.7. The first-order valence-corrected chi connectivity index (χ1v) is 3.60. The molecular weight excluding hydrogens is 196 g/mol. The Kier molecular flexibility index (Phi) is 1.60. The van der Waals surface area contributed by atoms with Gasteiger partial charge in [-0.05, 0) is 18.2 Å². The highest BCUT2D eigenvalue weighted by atomic mass is 19.3. The first-order valence-electron chi connectivity index (χ1n) is 3.60. The number of primary amides is 1. The van der Waals surface area contributed by atoms with Gasteiger partial charge in [-0.3, -0.25) is 4.79 Å². The molecule has 0 saturated carbocycles. The van der Waals surface area contributed by atoms with E-state index in [0.717, 1.165) is 0 Å². The molecule has 1 amide bonds. The summed E-state index contributed by atoms with van der Waals surface area (Å²) in [6, 6.07) is 4.86. The summed E-state index contributed by atoms with van der Waals surface area (Å²) < 4.78 is 33.3. The van der Waals surface area contributed by atoms with Crippen LogP contribution in [0.4, 0.5) is 8.78 Å². The minimum Gasteiger partial charge on any atom is -0.395 e. The zero-order valence-corrected chi connectivity index (χ0v) is 6.71. The Morgan fingerprint density at radius 2 is 2.21 bits per heavy atom. The lowest BCUT2D eigenvalue weighted by atomic mass is 10.2. The molecule has 0 bridgehead atoms. The number of fused-ring (bicyclic) bond motifs is 1. The molecule has 4 nitrogen and oxygen atoms in total. The number of nitrogens with two attached hydrogens (primary N) is 1. The summed E-state index contributed by atoms with van der Waals surface area (Å²) in [5, 5.41) is 0. The summed E-state index contributed by atoms with van der Waals surface area (Å²) in [7, 11) is 0. The average Bonchev–Trinajstić information content (AvgIpc) is 2.36. The second-order valence-corrected chi connectivity index (χ2v) is 2.58. The van der Waals surface area contributed by atoms with Gasteiger partial charge in [0.1, 0.15) is 0 Å². The number of halogens is 2. The standard InChI is InChI=1S/C8H4F2NO3/c9-8(10)13-5-3-1-2-4(7(11)12)6(5)14-8/h1,3H,(H2,11,12). The molecule has 0 saturated heterocycles. The summed E-state index contributed by atoms with van der Waals surface area (Å²) in [4.78, 5) is 10.8. The molecule has 2 rings (SSSR count). The van der Waals surface area contributed by atoms with E-state index in [1.807, 2.05) is 0 Å². The van der Waals surface area contributed by atoms with E-state index in [4.69, 9.17) is 5.73 Å². The van der Waals surface area contributed by atoms with Crippen molar-refractivity contribution in [2.24, 2.45) is 5.73 Å². The first-order chi connectivity index (χ1) is 6.49. The third kappa shape index (κ3) is 1.24. The van der Waals surface area contributed by atoms with Crippen LogP contribution in [-0.2, 0) is 0 Å². The van der Waals surface area contributed by atoms with Gasteiger partial charge in [0.05, 0.1) is 5.56 Å². The van der Waals surface area contributed by atoms with E-state index in [0.29, 0.717) is 0 Å². The molecule has 73 valence electrons. The maximum Gasteiger partial charge on any atom is 0.586 e. The number of carbonyl (C=O) groups excluding carboxylic acids is 1. The number of rotatable bonds is 1. The van der Waals surface area contributed by atoms with Gasteiger partial charge in [0.15, 0.2) is 11.5 Å². The van der Waals surface area contributed by atoms with Crippen LogP contribution in [0.1, 0.15) is 10.4 Å². The fourth-order valence-corrected chi connectivity index (χ4v) is 1.10. The predicted molar refractivity (Wildman–Crippen MR) is 40.0 cm³/mol. The fourth-order valence-electron chi connectivity index (χ4n) is 1.10. The Balaban J connectivity index is 2.52. The van der Waals surface area contributed by atoms with Crippen molar-refractivity contribution in [3.05, 3.63) is 23.8 Å². The van der Waals surface area contributed by atoms with Gasteiger partial charge in [0.2, 0.25) is 0 Å². The van der Waals surface area contributed by atoms with Crippen molar-refractivity contribution >= 4 is 5.91 Å². The molecule has 14 heavy (non-hydrogen) atoms. The molecule has 0 spiro atoms. The molecule has 0 aliphatic carbocycles. The molecule has 2 N–H and O–H groups in total. The largest absolute Gasteiger partial charge is 0.586 e. The Bertz CT molecular complexity index is 406. The van der Waals surface area contributed by atoms with Gasteiger partial charge in [-0.15, -0.1) is 8.78 Å². The highest BCUT2D eigenvalue weighted by Crippen LogP contribution is 2.42. The Morgan fingerprint density at radius 1 is 1.50 bits per heavy atom. The summed E-state index contributed by atoms with van der Waals surface area (Å²) in [6.45, 7) is 0. The summed E-state index contributed by atoms with van der Waals surface area (Å²) in [6.07, 6.45) is -3.75. The number of amides is 1. The van der Waals surface area contributed by atoms with Crippen molar-refractivity contribution in [3.8, 4) is 11.5 Å². The molecule has 1 aromatic rings. The van der Waals surface area contributed by atoms with Gasteiger partial charge in [-0.25, -0.2) is 0 Å². The molecular formula is C8H4F2NO3. The number of benzene rings is 1. The monoisotopic (exact) mass is 200 g/mol. The molecule has 0 fully saturated rings. The lowest BCUT2D eigenvalue weighted by Crippen LogP contribution is -2.26. The van der Waals surface area contributed by atoms with Crippen molar-refractivity contribution in [2.75, 3.05) is 0 Å². The van der Waals surface area contributed by atoms with Crippen molar-refractivity contribution < 1.29 is 23.0 Å². The molecule has 1 aliphatic heterocycles. The molecule has 1 heterocycles. The number of hydrogen-bond acceptors (Lipinski definition) is 3. The van der Waals surface area contributed by atoms with Crippen molar-refractivity contribution in [1.29, 1.82) is 0 Å². The number of alkyl halides is 2. The maximum absolute atomic E-state index is 12.6. The van der Waals surface area contributed by atoms with Gasteiger partial charge in [0, 0.05) is 0 Å². The molecule has 1 aliphatic rings. The third-order valence-electron chi connectivity index (χ3n) is 1.61. The van der Waals surface area contributed by atoms with Crippen LogP contribution < -0.4 is 15.2 Å². The van der Waals surface area contributed by atoms with E-state index in [1.165, 1.54) is 12.1 Å². The molecule has 0 atom stereocenters. The van der Waals surface area contributed by atoms with Gasteiger partial charge >= 0.3 is 6.29 Å². The van der Waals surface area contributed by atoms with Crippen molar-refractivity contribution in [1.82, 2.24) is 0 Å². The number of carbonyl (C=O) groups is 1. The Hall–Kier alpha value is -1.85. The van der Waals surface area contributed by atoms with Crippen LogP contribution in [0, 0.1) is 6.07 Å². The topological polar surface area (TPSA) is 61.6 Å². The average molecular weight is 200 g/mol. The van der Waals surface area contributed by atoms with Crippen LogP contribution in [0.3, 0.4) is 0 Å². The smallest absolute Gasteiger partial charge is 0.395 e. The van der Waals surface area contributed by atoms with Gasteiger partial charge < -0.3 is 15.2 Å². The second kappa shape index (κ2) is 2.57. The van der Waals surface area contributed by atoms with Gasteiger partial charge in [-0.1, -0.05) is 0 Å². The highest BCUT2D eigenvalue weighted by Gasteiger charge is 2.45. The van der Waals surface area contributed by atoms with Crippen molar-refractivity contribution in [2.45, 2.75) is 6.29 Å². The molecule has 1 radical (unpaired) electrons. The quantitative estimate of drug-likeness (QED) is 0.732. The van der Waals surface area contributed by atoms with Gasteiger partial charge in [-0.2, -0.15) is 0 Å². The van der Waals surface area contributed by atoms with E-state index < -0.39 is 12.2 Å². The van der Waals surface area contributed by atoms with E-state index in [-0.39, 0.29) is 17.1 Å². The molecule has 0 unspecified atom stereocenters. The minimum absolute atomic E-state index is 0.220. The van der Waals surface area contributed by atoms with E-state index in [1.54, 1.807) is 0 Å². The third-order valence-corrected chi connectivity index (χ3v) is 1.61. The van der Waals surface area contributed by atoms with E-state index >= 15 is 0 Å². The lowest BCUT2D eigenvalue weighted by Gasteiger charge is -2.05. The summed E-state index contributed by atoms with van der Waals surface area (Å²) in [5.41, 5.74) is 4.67. The number of hydrogen-bond donors (Lipinski definition) is 1. The molecule has 6 heteroatoms. The van der Waals surface area contributed by atoms with E-state index in [2.05, 4.69) is 15.5 Å². The van der Waals surface area contributed by atoms with E-state index in [9.17, 15) is 13.6 Å². The Morgan fingerprint density at radius 3 is 2.86 bits per heavy atom. The predicted octanol–water partition coefficient (Wildman–Crippen LogP) is 0.907. The SMILES string of the molecule is NC(=O)c1[c]ccc2c1OC(F)(F)O2. The zero-order valence-electron chi connectivity index (χ0n) is 6.71. The fraction of sp³-hybridized carbons (Fsp3) is 0.125. The maximum atomic E-state index is 12.6. The Labute approximate surface area is 77.2 Å².